The molecule has 0 aliphatic carbocycles. The zero-order chi connectivity index (χ0) is 22.6. The molecule has 0 radical (unpaired) electrons. The van der Waals surface area contributed by atoms with Crippen LogP contribution in [0.1, 0.15) is 42.8 Å². The molecule has 1 aliphatic rings. The monoisotopic (exact) mass is 463 g/mol. The lowest BCUT2D eigenvalue weighted by Crippen LogP contribution is -2.44. The van der Waals surface area contributed by atoms with Crippen molar-refractivity contribution in [2.45, 2.75) is 51.7 Å². The fourth-order valence-corrected chi connectivity index (χ4v) is 5.41. The summed E-state index contributed by atoms with van der Waals surface area (Å²) in [5.41, 5.74) is 4.26. The van der Waals surface area contributed by atoms with Gasteiger partial charge in [0.2, 0.25) is 0 Å². The molecule has 0 amide bonds. The number of hydrogen-bond acceptors (Lipinski definition) is 5. The normalized spacial score (nSPS) is 15.7. The Morgan fingerprint density at radius 3 is 2.58 bits per heavy atom. The molecule has 5 nitrogen and oxygen atoms in total. The third kappa shape index (κ3) is 5.25. The summed E-state index contributed by atoms with van der Waals surface area (Å²) in [6, 6.07) is 15.0. The van der Waals surface area contributed by atoms with E-state index in [0.717, 1.165) is 59.2 Å². The van der Waals surface area contributed by atoms with Gasteiger partial charge in [0.15, 0.2) is 5.13 Å². The van der Waals surface area contributed by atoms with Crippen molar-refractivity contribution in [2.75, 3.05) is 18.4 Å². The topological polar surface area (TPSA) is 46.0 Å². The number of thiazole rings is 1. The number of likely N-dealkylation sites (tertiary alicyclic amines) is 1. The molecule has 172 valence electrons. The number of nitrogens with zero attached hydrogens (tertiary/aromatic N) is 4. The summed E-state index contributed by atoms with van der Waals surface area (Å²) in [6.07, 6.45) is 5.85. The van der Waals surface area contributed by atoms with Crippen molar-refractivity contribution in [3.8, 4) is 0 Å². The van der Waals surface area contributed by atoms with Gasteiger partial charge < -0.3 is 9.88 Å². The Bertz CT molecular complexity index is 1190. The summed E-state index contributed by atoms with van der Waals surface area (Å²) in [7, 11) is 0. The van der Waals surface area contributed by atoms with Crippen molar-refractivity contribution in [3.05, 3.63) is 76.8 Å². The molecule has 0 saturated carbocycles. The number of imidazole rings is 1. The van der Waals surface area contributed by atoms with Crippen molar-refractivity contribution in [2.24, 2.45) is 0 Å². The minimum Gasteiger partial charge on any atom is -0.346 e. The van der Waals surface area contributed by atoms with E-state index in [9.17, 15) is 4.39 Å². The van der Waals surface area contributed by atoms with Gasteiger partial charge >= 0.3 is 0 Å². The van der Waals surface area contributed by atoms with Crippen LogP contribution >= 0.6 is 11.3 Å². The summed E-state index contributed by atoms with van der Waals surface area (Å²) in [5, 5.41) is 6.79. The largest absolute Gasteiger partial charge is 0.346 e. The van der Waals surface area contributed by atoms with Crippen LogP contribution in [0.4, 0.5) is 9.52 Å². The van der Waals surface area contributed by atoms with Crippen LogP contribution in [-0.2, 0) is 13.0 Å². The predicted octanol–water partition coefficient (Wildman–Crippen LogP) is 5.85. The Morgan fingerprint density at radius 1 is 1.03 bits per heavy atom. The van der Waals surface area contributed by atoms with E-state index in [0.29, 0.717) is 6.54 Å². The van der Waals surface area contributed by atoms with Gasteiger partial charge in [0.05, 0.1) is 22.9 Å². The van der Waals surface area contributed by atoms with Gasteiger partial charge in [0, 0.05) is 31.4 Å². The van der Waals surface area contributed by atoms with E-state index in [2.05, 4.69) is 43.3 Å². The maximum atomic E-state index is 13.4. The van der Waals surface area contributed by atoms with Crippen molar-refractivity contribution < 1.29 is 4.39 Å². The van der Waals surface area contributed by atoms with Gasteiger partial charge in [0.1, 0.15) is 11.6 Å². The third-order valence-corrected chi connectivity index (χ3v) is 7.26. The van der Waals surface area contributed by atoms with Crippen molar-refractivity contribution in [1.82, 2.24) is 19.4 Å². The van der Waals surface area contributed by atoms with E-state index >= 15 is 0 Å². The Labute approximate surface area is 198 Å². The fourth-order valence-electron chi connectivity index (χ4n) is 4.67. The average molecular weight is 464 g/mol. The molecule has 2 aromatic carbocycles. The van der Waals surface area contributed by atoms with Crippen molar-refractivity contribution >= 4 is 27.5 Å². The summed E-state index contributed by atoms with van der Waals surface area (Å²) in [5.74, 6) is 0.863. The summed E-state index contributed by atoms with van der Waals surface area (Å²) in [4.78, 5) is 12.2. The predicted molar refractivity (Wildman–Crippen MR) is 133 cm³/mol. The quantitative estimate of drug-likeness (QED) is 0.356. The van der Waals surface area contributed by atoms with Crippen LogP contribution in [0.15, 0.2) is 53.9 Å². The average Bonchev–Trinajstić information content (AvgIpc) is 3.41. The molecule has 1 unspecified atom stereocenters. The highest BCUT2D eigenvalue weighted by Crippen LogP contribution is 2.24. The van der Waals surface area contributed by atoms with Crippen LogP contribution in [-0.4, -0.2) is 38.7 Å². The van der Waals surface area contributed by atoms with E-state index in [-0.39, 0.29) is 12.0 Å². The number of rotatable bonds is 8. The number of nitrogens with one attached hydrogen (secondary N) is 1. The smallest absolute Gasteiger partial charge is 0.184 e. The molecule has 1 N–H and O–H groups in total. The minimum atomic E-state index is -0.206. The lowest BCUT2D eigenvalue weighted by Gasteiger charge is -2.35. The molecule has 1 fully saturated rings. The Morgan fingerprint density at radius 2 is 1.82 bits per heavy atom. The van der Waals surface area contributed by atoms with E-state index in [4.69, 9.17) is 4.98 Å². The lowest BCUT2D eigenvalue weighted by molar-refractivity contribution is 0.171. The molecule has 4 aromatic rings. The van der Waals surface area contributed by atoms with Gasteiger partial charge in [-0.3, -0.25) is 4.90 Å². The highest BCUT2D eigenvalue weighted by Gasteiger charge is 2.22. The van der Waals surface area contributed by atoms with Gasteiger partial charge in [0.25, 0.3) is 0 Å². The number of para-hydroxylation sites is 2. The van der Waals surface area contributed by atoms with Crippen LogP contribution in [0.25, 0.3) is 11.0 Å². The number of halogens is 1. The maximum Gasteiger partial charge on any atom is 0.184 e. The van der Waals surface area contributed by atoms with E-state index in [1.54, 1.807) is 11.3 Å². The molecular weight excluding hydrogens is 433 g/mol. The second-order valence-electron chi connectivity index (χ2n) is 8.82. The highest BCUT2D eigenvalue weighted by atomic mass is 32.1. The molecule has 1 aliphatic heterocycles. The molecule has 2 aromatic heterocycles. The van der Waals surface area contributed by atoms with Gasteiger partial charge in [-0.1, -0.05) is 30.7 Å². The van der Waals surface area contributed by atoms with Crippen LogP contribution < -0.4 is 5.32 Å². The number of anilines is 1. The maximum absolute atomic E-state index is 13.4. The summed E-state index contributed by atoms with van der Waals surface area (Å²) < 4.78 is 15.7. The van der Waals surface area contributed by atoms with Crippen molar-refractivity contribution in [3.63, 3.8) is 0 Å². The third-order valence-electron chi connectivity index (χ3n) is 6.37. The molecule has 0 spiro atoms. The first-order valence-electron chi connectivity index (χ1n) is 11.8. The number of fused-ring (bicyclic) bond motifs is 1. The SMILES string of the molecule is Cc1csc(NC(CCc2nc3ccccc3n2Cc2ccc(F)cc2)N2CCCCC2)n1. The molecule has 1 atom stereocenters. The Kier molecular flexibility index (Phi) is 6.69. The highest BCUT2D eigenvalue weighted by molar-refractivity contribution is 7.13. The lowest BCUT2D eigenvalue weighted by atomic mass is 10.1. The first-order chi connectivity index (χ1) is 16.2. The first-order valence-corrected chi connectivity index (χ1v) is 12.6. The van der Waals surface area contributed by atoms with Gasteiger partial charge in [-0.15, -0.1) is 11.3 Å². The van der Waals surface area contributed by atoms with Crippen molar-refractivity contribution in [1.29, 1.82) is 0 Å². The standard InChI is InChI=1S/C26H30FN5S/c1-19-18-33-26(28-19)30-24(31-15-5-2-6-16-31)13-14-25-29-22-7-3-4-8-23(22)32(25)17-20-9-11-21(27)12-10-20/h3-4,7-12,18,24H,2,5-6,13-17H2,1H3,(H,28,30). The fraction of sp³-hybridized carbons (Fsp3) is 0.385. The summed E-state index contributed by atoms with van der Waals surface area (Å²) in [6.45, 7) is 4.96. The Balaban J connectivity index is 1.39. The molecule has 7 heteroatoms. The molecular formula is C26H30FN5S. The minimum absolute atomic E-state index is 0.206. The number of piperidine rings is 1. The summed E-state index contributed by atoms with van der Waals surface area (Å²) >= 11 is 1.67. The molecule has 33 heavy (non-hydrogen) atoms. The van der Waals surface area contributed by atoms with E-state index in [1.807, 2.05) is 25.1 Å². The van der Waals surface area contributed by atoms with Gasteiger partial charge in [-0.05, 0) is 56.0 Å². The number of aromatic nitrogens is 3. The van der Waals surface area contributed by atoms with Gasteiger partial charge in [-0.25, -0.2) is 14.4 Å². The number of aryl methyl sites for hydroxylation is 2. The number of benzene rings is 2. The first kappa shape index (κ1) is 22.0. The van der Waals surface area contributed by atoms with E-state index < -0.39 is 0 Å². The van der Waals surface area contributed by atoms with Crippen LogP contribution in [0.2, 0.25) is 0 Å². The van der Waals surface area contributed by atoms with Crippen LogP contribution in [0, 0.1) is 12.7 Å². The zero-order valence-electron chi connectivity index (χ0n) is 19.0. The second-order valence-corrected chi connectivity index (χ2v) is 9.68. The molecule has 5 rings (SSSR count). The van der Waals surface area contributed by atoms with Crippen LogP contribution in [0.5, 0.6) is 0 Å². The molecule has 1 saturated heterocycles. The molecule has 3 heterocycles. The Hall–Kier alpha value is -2.77. The van der Waals surface area contributed by atoms with Gasteiger partial charge in [-0.2, -0.15) is 0 Å². The molecule has 0 bridgehead atoms. The zero-order valence-corrected chi connectivity index (χ0v) is 19.8. The van der Waals surface area contributed by atoms with E-state index in [1.165, 1.54) is 31.4 Å². The van der Waals surface area contributed by atoms with Crippen LogP contribution in [0.3, 0.4) is 0 Å². The second kappa shape index (κ2) is 10.0. The number of hydrogen-bond donors (Lipinski definition) is 1.